The molecule has 3 heterocycles. The van der Waals surface area contributed by atoms with Gasteiger partial charge >= 0.3 is 0 Å². The van der Waals surface area contributed by atoms with Crippen molar-refractivity contribution < 1.29 is 0 Å². The molecule has 3 rings (SSSR count). The van der Waals surface area contributed by atoms with Crippen molar-refractivity contribution in [3.63, 3.8) is 0 Å². The molecule has 5 N–H and O–H groups in total. The summed E-state index contributed by atoms with van der Waals surface area (Å²) in [6.45, 7) is 0. The van der Waals surface area contributed by atoms with E-state index in [1.807, 2.05) is 0 Å². The molecular weight excluding hydrogens is 210 g/mol. The highest BCUT2D eigenvalue weighted by molar-refractivity contribution is 5.69. The third-order valence-electron chi connectivity index (χ3n) is 1.72. The maximum absolute atomic E-state index is 11.0. The number of rotatable bonds is 0. The number of aromatic nitrogens is 6. The van der Waals surface area contributed by atoms with Crippen molar-refractivity contribution in [2.75, 3.05) is 5.73 Å². The summed E-state index contributed by atoms with van der Waals surface area (Å²) < 4.78 is 0. The van der Waals surface area contributed by atoms with Crippen LogP contribution in [0.4, 0.5) is 5.95 Å². The fourth-order valence-corrected chi connectivity index (χ4v) is 1.07. The molecule has 0 aliphatic heterocycles. The predicted octanol–water partition coefficient (Wildman–Crippen LogP) is -0.362. The molecular formula is C8H9N7O. The minimum absolute atomic E-state index is 0.0783. The molecule has 3 aromatic heterocycles. The Kier molecular flexibility index (Phi) is 2.63. The monoisotopic (exact) mass is 219 g/mol. The SMILES string of the molecule is Nc1nc2nc[nH]c2c(=O)[nH]1.c1c[nH]cn1. The number of hydrogen-bond donors (Lipinski definition) is 4. The highest BCUT2D eigenvalue weighted by Crippen LogP contribution is 1.98. The van der Waals surface area contributed by atoms with Gasteiger partial charge in [0.1, 0.15) is 0 Å². The Morgan fingerprint density at radius 1 is 1.31 bits per heavy atom. The fraction of sp³-hybridized carbons (Fsp3) is 0. The van der Waals surface area contributed by atoms with Crippen molar-refractivity contribution in [1.29, 1.82) is 0 Å². The third-order valence-corrected chi connectivity index (χ3v) is 1.72. The molecule has 0 bridgehead atoms. The van der Waals surface area contributed by atoms with Gasteiger partial charge in [-0.2, -0.15) is 4.98 Å². The number of aromatic amines is 3. The van der Waals surface area contributed by atoms with Crippen molar-refractivity contribution in [3.05, 3.63) is 35.4 Å². The molecule has 0 unspecified atom stereocenters. The largest absolute Gasteiger partial charge is 0.369 e. The van der Waals surface area contributed by atoms with Gasteiger partial charge in [0.2, 0.25) is 5.95 Å². The van der Waals surface area contributed by atoms with Gasteiger partial charge in [0, 0.05) is 12.4 Å². The second-order valence-corrected chi connectivity index (χ2v) is 2.81. The number of nitrogens with one attached hydrogen (secondary N) is 3. The van der Waals surface area contributed by atoms with Gasteiger partial charge in [0.15, 0.2) is 11.2 Å². The lowest BCUT2D eigenvalue weighted by Crippen LogP contribution is -2.10. The van der Waals surface area contributed by atoms with Crippen LogP contribution in [-0.4, -0.2) is 29.9 Å². The van der Waals surface area contributed by atoms with Crippen LogP contribution in [0.5, 0.6) is 0 Å². The van der Waals surface area contributed by atoms with Crippen LogP contribution < -0.4 is 11.3 Å². The Labute approximate surface area is 89.0 Å². The predicted molar refractivity (Wildman–Crippen MR) is 57.5 cm³/mol. The smallest absolute Gasteiger partial charge is 0.278 e. The van der Waals surface area contributed by atoms with Crippen LogP contribution >= 0.6 is 0 Å². The van der Waals surface area contributed by atoms with E-state index in [4.69, 9.17) is 5.73 Å². The van der Waals surface area contributed by atoms with Gasteiger partial charge < -0.3 is 15.7 Å². The van der Waals surface area contributed by atoms with E-state index in [2.05, 4.69) is 29.9 Å². The average Bonchev–Trinajstić information content (AvgIpc) is 2.90. The molecule has 3 aromatic rings. The van der Waals surface area contributed by atoms with Gasteiger partial charge in [-0.15, -0.1) is 0 Å². The molecule has 0 aliphatic rings. The standard InChI is InChI=1S/C5H5N5O.C3H4N2/c6-5-9-3-2(4(11)10-5)7-1-8-3;1-2-5-3-4-1/h1H,(H4,6,7,8,9,10,11);1-3H,(H,4,5). The first-order valence-corrected chi connectivity index (χ1v) is 4.39. The van der Waals surface area contributed by atoms with Gasteiger partial charge in [-0.1, -0.05) is 0 Å². The van der Waals surface area contributed by atoms with E-state index in [9.17, 15) is 4.79 Å². The Bertz CT molecular complexity index is 591. The van der Waals surface area contributed by atoms with Crippen LogP contribution in [0.3, 0.4) is 0 Å². The third kappa shape index (κ3) is 2.05. The molecule has 0 saturated carbocycles. The Morgan fingerprint density at radius 2 is 2.19 bits per heavy atom. The molecule has 8 heteroatoms. The van der Waals surface area contributed by atoms with E-state index in [0.717, 1.165) is 0 Å². The van der Waals surface area contributed by atoms with Crippen LogP contribution in [0, 0.1) is 0 Å². The van der Waals surface area contributed by atoms with Gasteiger partial charge in [0.05, 0.1) is 12.7 Å². The van der Waals surface area contributed by atoms with E-state index in [0.29, 0.717) is 11.2 Å². The van der Waals surface area contributed by atoms with Crippen molar-refractivity contribution in [1.82, 2.24) is 29.9 Å². The van der Waals surface area contributed by atoms with Gasteiger partial charge in [-0.25, -0.2) is 9.97 Å². The van der Waals surface area contributed by atoms with E-state index in [1.54, 1.807) is 18.7 Å². The molecule has 0 aromatic carbocycles. The second kappa shape index (κ2) is 4.26. The number of fused-ring (bicyclic) bond motifs is 1. The molecule has 8 nitrogen and oxygen atoms in total. The van der Waals surface area contributed by atoms with Crippen molar-refractivity contribution >= 4 is 17.1 Å². The number of anilines is 1. The number of nitrogens with zero attached hydrogens (tertiary/aromatic N) is 3. The molecule has 0 fully saturated rings. The van der Waals surface area contributed by atoms with Gasteiger partial charge in [0.25, 0.3) is 5.56 Å². The maximum atomic E-state index is 11.0. The van der Waals surface area contributed by atoms with Crippen LogP contribution in [-0.2, 0) is 0 Å². The van der Waals surface area contributed by atoms with Crippen LogP contribution in [0.1, 0.15) is 0 Å². The number of nitrogen functional groups attached to an aromatic ring is 1. The Morgan fingerprint density at radius 3 is 2.81 bits per heavy atom. The highest BCUT2D eigenvalue weighted by Gasteiger charge is 2.01. The van der Waals surface area contributed by atoms with Crippen molar-refractivity contribution in [2.45, 2.75) is 0 Å². The number of hydrogen-bond acceptors (Lipinski definition) is 5. The molecule has 82 valence electrons. The Balaban J connectivity index is 0.000000162. The van der Waals surface area contributed by atoms with E-state index in [1.165, 1.54) is 6.33 Å². The van der Waals surface area contributed by atoms with Crippen LogP contribution in [0.2, 0.25) is 0 Å². The van der Waals surface area contributed by atoms with E-state index < -0.39 is 0 Å². The minimum atomic E-state index is -0.301. The first kappa shape index (κ1) is 9.90. The summed E-state index contributed by atoms with van der Waals surface area (Å²) in [7, 11) is 0. The molecule has 0 aliphatic carbocycles. The topological polar surface area (TPSA) is 129 Å². The van der Waals surface area contributed by atoms with Crippen molar-refractivity contribution in [2.24, 2.45) is 0 Å². The summed E-state index contributed by atoms with van der Waals surface area (Å²) in [6, 6.07) is 0. The molecule has 0 saturated heterocycles. The lowest BCUT2D eigenvalue weighted by Gasteiger charge is -1.89. The number of H-pyrrole nitrogens is 3. The molecule has 0 radical (unpaired) electrons. The number of nitrogens with two attached hydrogens (primary N) is 1. The molecule has 0 amide bonds. The minimum Gasteiger partial charge on any atom is -0.369 e. The molecule has 0 spiro atoms. The number of imidazole rings is 2. The summed E-state index contributed by atoms with van der Waals surface area (Å²) in [6.07, 6.45) is 6.48. The van der Waals surface area contributed by atoms with Crippen molar-refractivity contribution in [3.8, 4) is 0 Å². The second-order valence-electron chi connectivity index (χ2n) is 2.81. The highest BCUT2D eigenvalue weighted by atomic mass is 16.1. The van der Waals surface area contributed by atoms with Gasteiger partial charge in [-0.3, -0.25) is 9.78 Å². The zero-order valence-corrected chi connectivity index (χ0v) is 8.14. The summed E-state index contributed by atoms with van der Waals surface area (Å²) in [5, 5.41) is 0. The Hall–Kier alpha value is -2.64. The summed E-state index contributed by atoms with van der Waals surface area (Å²) in [4.78, 5) is 30.0. The lowest BCUT2D eigenvalue weighted by molar-refractivity contribution is 1.17. The average molecular weight is 219 g/mol. The first-order chi connectivity index (χ1) is 7.77. The maximum Gasteiger partial charge on any atom is 0.278 e. The van der Waals surface area contributed by atoms with Crippen LogP contribution in [0.25, 0.3) is 11.2 Å². The quantitative estimate of drug-likeness (QED) is 0.410. The normalized spacial score (nSPS) is 9.75. The lowest BCUT2D eigenvalue weighted by atomic mass is 10.5. The molecule has 16 heavy (non-hydrogen) atoms. The summed E-state index contributed by atoms with van der Waals surface area (Å²) >= 11 is 0. The summed E-state index contributed by atoms with van der Waals surface area (Å²) in [5.41, 5.74) is 5.65. The van der Waals surface area contributed by atoms with E-state index >= 15 is 0 Å². The zero-order chi connectivity index (χ0) is 11.4. The fourth-order valence-electron chi connectivity index (χ4n) is 1.07. The summed E-state index contributed by atoms with van der Waals surface area (Å²) in [5.74, 6) is 0.0783. The van der Waals surface area contributed by atoms with Gasteiger partial charge in [-0.05, 0) is 0 Å². The van der Waals surface area contributed by atoms with E-state index in [-0.39, 0.29) is 11.5 Å². The molecule has 0 atom stereocenters. The first-order valence-electron chi connectivity index (χ1n) is 4.39. The van der Waals surface area contributed by atoms with Crippen LogP contribution in [0.15, 0.2) is 29.8 Å². The zero-order valence-electron chi connectivity index (χ0n) is 8.14.